The van der Waals surface area contributed by atoms with Gasteiger partial charge in [0.05, 0.1) is 13.0 Å². The zero-order chi connectivity index (χ0) is 18.4. The van der Waals surface area contributed by atoms with Gasteiger partial charge >= 0.3 is 5.97 Å². The molecule has 0 fully saturated rings. The third-order valence-corrected chi connectivity index (χ3v) is 3.94. The quantitative estimate of drug-likeness (QED) is 0.809. The lowest BCUT2D eigenvalue weighted by atomic mass is 9.98. The highest BCUT2D eigenvalue weighted by atomic mass is 19.1. The van der Waals surface area contributed by atoms with Crippen LogP contribution >= 0.6 is 0 Å². The number of aryl methyl sites for hydroxylation is 1. The van der Waals surface area contributed by atoms with Gasteiger partial charge in [-0.1, -0.05) is 18.2 Å². The largest absolute Gasteiger partial charge is 0.496 e. The van der Waals surface area contributed by atoms with E-state index in [1.54, 1.807) is 31.2 Å². The number of halogens is 1. The van der Waals surface area contributed by atoms with Gasteiger partial charge < -0.3 is 15.2 Å². The minimum atomic E-state index is -1.01. The highest BCUT2D eigenvalue weighted by molar-refractivity contribution is 5.94. The zero-order valence-electron chi connectivity index (χ0n) is 14.1. The molecule has 0 aliphatic rings. The van der Waals surface area contributed by atoms with E-state index >= 15 is 0 Å². The predicted molar refractivity (Wildman–Crippen MR) is 91.3 cm³/mol. The molecule has 132 valence electrons. The van der Waals surface area contributed by atoms with Crippen molar-refractivity contribution in [3.8, 4) is 5.75 Å². The fourth-order valence-corrected chi connectivity index (χ4v) is 2.49. The minimum Gasteiger partial charge on any atom is -0.496 e. The van der Waals surface area contributed by atoms with E-state index in [0.717, 1.165) is 5.56 Å². The number of carbonyl (C=O) groups excluding carboxylic acids is 1. The topological polar surface area (TPSA) is 75.6 Å². The molecule has 0 saturated heterocycles. The van der Waals surface area contributed by atoms with Crippen molar-refractivity contribution in [3.63, 3.8) is 0 Å². The second-order valence-electron chi connectivity index (χ2n) is 5.73. The van der Waals surface area contributed by atoms with E-state index in [9.17, 15) is 19.1 Å². The summed E-state index contributed by atoms with van der Waals surface area (Å²) in [7, 11) is 1.52. The van der Waals surface area contributed by atoms with Crippen LogP contribution in [0.3, 0.4) is 0 Å². The summed E-state index contributed by atoms with van der Waals surface area (Å²) in [5.41, 5.74) is 1.40. The van der Waals surface area contributed by atoms with Gasteiger partial charge in [0.1, 0.15) is 11.6 Å². The number of hydrogen-bond donors (Lipinski definition) is 2. The van der Waals surface area contributed by atoms with Crippen LogP contribution < -0.4 is 10.1 Å². The molecule has 0 bridgehead atoms. The molecule has 1 unspecified atom stereocenters. The first-order valence-electron chi connectivity index (χ1n) is 7.81. The second kappa shape index (κ2) is 8.28. The molecule has 0 saturated carbocycles. The van der Waals surface area contributed by atoms with Crippen molar-refractivity contribution in [2.45, 2.75) is 13.3 Å². The fourth-order valence-electron chi connectivity index (χ4n) is 2.49. The first-order chi connectivity index (χ1) is 11.9. The molecule has 25 heavy (non-hydrogen) atoms. The van der Waals surface area contributed by atoms with Crippen molar-refractivity contribution in [2.24, 2.45) is 5.92 Å². The Labute approximate surface area is 145 Å². The molecule has 0 heterocycles. The third-order valence-electron chi connectivity index (χ3n) is 3.94. The van der Waals surface area contributed by atoms with Crippen LogP contribution in [0.15, 0.2) is 42.5 Å². The van der Waals surface area contributed by atoms with Crippen LogP contribution in [0.4, 0.5) is 4.39 Å². The summed E-state index contributed by atoms with van der Waals surface area (Å²) in [6.45, 7) is 1.52. The van der Waals surface area contributed by atoms with Gasteiger partial charge in [-0.25, -0.2) is 4.39 Å². The Bertz CT molecular complexity index is 776. The molecule has 1 amide bonds. The number of hydrogen-bond acceptors (Lipinski definition) is 3. The molecule has 0 radical (unpaired) electrons. The van der Waals surface area contributed by atoms with Crippen LogP contribution in [0.2, 0.25) is 0 Å². The number of carboxylic acids is 1. The lowest BCUT2D eigenvalue weighted by Crippen LogP contribution is -2.34. The lowest BCUT2D eigenvalue weighted by Gasteiger charge is -2.15. The van der Waals surface area contributed by atoms with Gasteiger partial charge in [-0.15, -0.1) is 0 Å². The van der Waals surface area contributed by atoms with Crippen molar-refractivity contribution in [1.82, 2.24) is 5.32 Å². The number of benzene rings is 2. The van der Waals surface area contributed by atoms with Gasteiger partial charge in [0.15, 0.2) is 0 Å². The van der Waals surface area contributed by atoms with Crippen molar-refractivity contribution < 1.29 is 23.8 Å². The molecular formula is C19H20FNO4. The monoisotopic (exact) mass is 345 g/mol. The van der Waals surface area contributed by atoms with Gasteiger partial charge in [-0.3, -0.25) is 9.59 Å². The molecule has 0 aliphatic heterocycles. The first-order valence-corrected chi connectivity index (χ1v) is 7.81. The van der Waals surface area contributed by atoms with E-state index in [4.69, 9.17) is 4.74 Å². The summed E-state index contributed by atoms with van der Waals surface area (Å²) in [6.07, 6.45) is 0.224. The number of aliphatic carboxylic acids is 1. The van der Waals surface area contributed by atoms with E-state index in [1.165, 1.54) is 25.3 Å². The molecule has 2 aromatic rings. The Morgan fingerprint density at radius 1 is 1.24 bits per heavy atom. The SMILES string of the molecule is COc1ccccc1CC(CNC(=O)c1ccc(F)c(C)c1)C(=O)O. The molecule has 5 nitrogen and oxygen atoms in total. The van der Waals surface area contributed by atoms with Crippen LogP contribution in [0.25, 0.3) is 0 Å². The average Bonchev–Trinajstić information content (AvgIpc) is 2.60. The molecule has 2 N–H and O–H groups in total. The normalized spacial score (nSPS) is 11.6. The number of rotatable bonds is 7. The summed E-state index contributed by atoms with van der Waals surface area (Å²) in [6, 6.07) is 11.2. The fraction of sp³-hybridized carbons (Fsp3) is 0.263. The van der Waals surface area contributed by atoms with E-state index in [-0.39, 0.29) is 13.0 Å². The number of para-hydroxylation sites is 1. The van der Waals surface area contributed by atoms with Crippen molar-refractivity contribution in [2.75, 3.05) is 13.7 Å². The smallest absolute Gasteiger partial charge is 0.308 e. The molecular weight excluding hydrogens is 325 g/mol. The van der Waals surface area contributed by atoms with Gasteiger partial charge in [0, 0.05) is 12.1 Å². The van der Waals surface area contributed by atoms with Gasteiger partial charge in [0.25, 0.3) is 5.91 Å². The Kier molecular flexibility index (Phi) is 6.11. The highest BCUT2D eigenvalue weighted by Crippen LogP contribution is 2.21. The summed E-state index contributed by atoms with van der Waals surface area (Å²) < 4.78 is 18.5. The number of amides is 1. The third kappa shape index (κ3) is 4.79. The van der Waals surface area contributed by atoms with Gasteiger partial charge in [-0.05, 0) is 48.7 Å². The molecule has 0 spiro atoms. The van der Waals surface area contributed by atoms with E-state index in [1.807, 2.05) is 0 Å². The van der Waals surface area contributed by atoms with Crippen LogP contribution in [-0.4, -0.2) is 30.6 Å². The Morgan fingerprint density at radius 2 is 1.96 bits per heavy atom. The summed E-state index contributed by atoms with van der Waals surface area (Å²) >= 11 is 0. The maximum atomic E-state index is 13.3. The molecule has 0 aliphatic carbocycles. The first kappa shape index (κ1) is 18.4. The lowest BCUT2D eigenvalue weighted by molar-refractivity contribution is -0.141. The molecule has 2 rings (SSSR count). The van der Waals surface area contributed by atoms with Gasteiger partial charge in [-0.2, -0.15) is 0 Å². The number of carboxylic acid groups (broad SMARTS) is 1. The molecule has 6 heteroatoms. The molecule has 1 atom stereocenters. The Hall–Kier alpha value is -2.89. The number of nitrogens with one attached hydrogen (secondary N) is 1. The van der Waals surface area contributed by atoms with E-state index in [2.05, 4.69) is 5.32 Å². The van der Waals surface area contributed by atoms with Crippen LogP contribution in [0, 0.1) is 18.7 Å². The number of ether oxygens (including phenoxy) is 1. The number of methoxy groups -OCH3 is 1. The van der Waals surface area contributed by atoms with Crippen molar-refractivity contribution in [3.05, 3.63) is 65.0 Å². The Balaban J connectivity index is 2.05. The summed E-state index contributed by atoms with van der Waals surface area (Å²) in [5, 5.41) is 12.0. The summed E-state index contributed by atoms with van der Waals surface area (Å²) in [4.78, 5) is 23.7. The average molecular weight is 345 g/mol. The Morgan fingerprint density at radius 3 is 2.60 bits per heavy atom. The van der Waals surface area contributed by atoms with Gasteiger partial charge in [0.2, 0.25) is 0 Å². The maximum absolute atomic E-state index is 13.3. The highest BCUT2D eigenvalue weighted by Gasteiger charge is 2.21. The molecule has 0 aromatic heterocycles. The van der Waals surface area contributed by atoms with Crippen molar-refractivity contribution in [1.29, 1.82) is 0 Å². The van der Waals surface area contributed by atoms with E-state index < -0.39 is 23.6 Å². The summed E-state index contributed by atoms with van der Waals surface area (Å²) in [5.74, 6) is -2.04. The van der Waals surface area contributed by atoms with E-state index in [0.29, 0.717) is 16.9 Å². The zero-order valence-corrected chi connectivity index (χ0v) is 14.1. The predicted octanol–water partition coefficient (Wildman–Crippen LogP) is 2.82. The minimum absolute atomic E-state index is 0.0390. The van der Waals surface area contributed by atoms with Crippen LogP contribution in [0.5, 0.6) is 5.75 Å². The van der Waals surface area contributed by atoms with Crippen LogP contribution in [-0.2, 0) is 11.2 Å². The van der Waals surface area contributed by atoms with Crippen molar-refractivity contribution >= 4 is 11.9 Å². The second-order valence-corrected chi connectivity index (χ2v) is 5.73. The van der Waals surface area contributed by atoms with Crippen LogP contribution in [0.1, 0.15) is 21.5 Å². The molecule has 2 aromatic carbocycles. The number of carbonyl (C=O) groups is 2. The maximum Gasteiger partial charge on any atom is 0.308 e. The standard InChI is InChI=1S/C19H20FNO4/c1-12-9-14(7-8-16(12)20)18(22)21-11-15(19(23)24)10-13-5-3-4-6-17(13)25-2/h3-9,15H,10-11H2,1-2H3,(H,21,22)(H,23,24).